The maximum Gasteiger partial charge on any atom is 0.251 e. The van der Waals surface area contributed by atoms with Crippen LogP contribution in [0.15, 0.2) is 35.1 Å². The first-order valence-corrected chi connectivity index (χ1v) is 5.58. The highest BCUT2D eigenvalue weighted by Crippen LogP contribution is 2.20. The summed E-state index contributed by atoms with van der Waals surface area (Å²) in [7, 11) is 1.40. The monoisotopic (exact) mass is 266 g/mol. The van der Waals surface area contributed by atoms with E-state index in [2.05, 4.69) is 10.6 Å². The molecule has 0 atom stereocenters. The Kier molecular flexibility index (Phi) is 3.79. The van der Waals surface area contributed by atoms with Gasteiger partial charge in [-0.25, -0.2) is 8.78 Å². The number of amides is 1. The first-order valence-electron chi connectivity index (χ1n) is 5.58. The zero-order valence-electron chi connectivity index (χ0n) is 10.2. The van der Waals surface area contributed by atoms with Crippen molar-refractivity contribution in [3.05, 3.63) is 53.5 Å². The minimum Gasteiger partial charge on any atom is -0.472 e. The fourth-order valence-electron chi connectivity index (χ4n) is 1.62. The summed E-state index contributed by atoms with van der Waals surface area (Å²) in [6, 6.07) is 3.66. The third-order valence-electron chi connectivity index (χ3n) is 2.59. The number of hydrogen-bond acceptors (Lipinski definition) is 3. The highest BCUT2D eigenvalue weighted by atomic mass is 19.1. The Morgan fingerprint density at radius 2 is 2.00 bits per heavy atom. The maximum absolute atomic E-state index is 13.5. The van der Waals surface area contributed by atoms with Crippen LogP contribution in [0.25, 0.3) is 0 Å². The SMILES string of the molecule is CNc1c(F)cc(C(=O)NCc2ccoc2)cc1F. The quantitative estimate of drug-likeness (QED) is 0.894. The van der Waals surface area contributed by atoms with Crippen molar-refractivity contribution in [1.82, 2.24) is 5.32 Å². The van der Waals surface area contributed by atoms with E-state index in [1.54, 1.807) is 6.07 Å². The molecule has 0 aliphatic carbocycles. The predicted molar refractivity (Wildman–Crippen MR) is 65.8 cm³/mol. The molecule has 4 nitrogen and oxygen atoms in total. The van der Waals surface area contributed by atoms with Crippen LogP contribution in [0.3, 0.4) is 0 Å². The van der Waals surface area contributed by atoms with E-state index < -0.39 is 17.5 Å². The van der Waals surface area contributed by atoms with Gasteiger partial charge in [-0.05, 0) is 18.2 Å². The molecule has 2 aromatic rings. The molecule has 0 aliphatic heterocycles. The van der Waals surface area contributed by atoms with E-state index in [0.717, 1.165) is 17.7 Å². The van der Waals surface area contributed by atoms with Crippen LogP contribution < -0.4 is 10.6 Å². The summed E-state index contributed by atoms with van der Waals surface area (Å²) in [6.07, 6.45) is 2.95. The van der Waals surface area contributed by atoms with E-state index in [0.29, 0.717) is 0 Å². The number of carbonyl (C=O) groups is 1. The van der Waals surface area contributed by atoms with Crippen LogP contribution in [-0.2, 0) is 6.54 Å². The molecule has 1 heterocycles. The van der Waals surface area contributed by atoms with Gasteiger partial charge in [0, 0.05) is 24.7 Å². The average Bonchev–Trinajstić information content (AvgIpc) is 2.88. The number of benzene rings is 1. The van der Waals surface area contributed by atoms with E-state index in [4.69, 9.17) is 4.42 Å². The molecule has 0 unspecified atom stereocenters. The third kappa shape index (κ3) is 2.90. The lowest BCUT2D eigenvalue weighted by Gasteiger charge is -2.08. The van der Waals surface area contributed by atoms with Gasteiger partial charge in [0.05, 0.1) is 12.5 Å². The van der Waals surface area contributed by atoms with Gasteiger partial charge in [0.2, 0.25) is 0 Å². The molecule has 1 aromatic carbocycles. The summed E-state index contributed by atoms with van der Waals surface area (Å²) in [4.78, 5) is 11.7. The van der Waals surface area contributed by atoms with Crippen molar-refractivity contribution in [2.45, 2.75) is 6.54 Å². The van der Waals surface area contributed by atoms with Crippen LogP contribution in [0, 0.1) is 11.6 Å². The summed E-state index contributed by atoms with van der Waals surface area (Å²) in [5, 5.41) is 4.93. The molecule has 0 spiro atoms. The predicted octanol–water partition coefficient (Wildman–Crippen LogP) is 2.53. The fourth-order valence-corrected chi connectivity index (χ4v) is 1.62. The number of rotatable bonds is 4. The first kappa shape index (κ1) is 13.1. The van der Waals surface area contributed by atoms with E-state index in [-0.39, 0.29) is 17.8 Å². The fraction of sp³-hybridized carbons (Fsp3) is 0.154. The molecular weight excluding hydrogens is 254 g/mol. The van der Waals surface area contributed by atoms with Crippen molar-refractivity contribution in [1.29, 1.82) is 0 Å². The van der Waals surface area contributed by atoms with Crippen LogP contribution in [-0.4, -0.2) is 13.0 Å². The maximum atomic E-state index is 13.5. The summed E-state index contributed by atoms with van der Waals surface area (Å²) >= 11 is 0. The van der Waals surface area contributed by atoms with Gasteiger partial charge in [-0.2, -0.15) is 0 Å². The Morgan fingerprint density at radius 1 is 1.32 bits per heavy atom. The molecule has 19 heavy (non-hydrogen) atoms. The summed E-state index contributed by atoms with van der Waals surface area (Å²) in [5.41, 5.74) is 0.435. The Morgan fingerprint density at radius 3 is 2.53 bits per heavy atom. The highest BCUT2D eigenvalue weighted by molar-refractivity contribution is 5.94. The standard InChI is InChI=1S/C13H12F2N2O2/c1-16-12-10(14)4-9(5-11(12)15)13(18)17-6-8-2-3-19-7-8/h2-5,7,16H,6H2,1H3,(H,17,18). The number of halogens is 2. The van der Waals surface area contributed by atoms with Gasteiger partial charge in [-0.15, -0.1) is 0 Å². The topological polar surface area (TPSA) is 54.3 Å². The van der Waals surface area contributed by atoms with E-state index >= 15 is 0 Å². The minimum atomic E-state index is -0.809. The molecule has 2 N–H and O–H groups in total. The molecule has 0 bridgehead atoms. The van der Waals surface area contributed by atoms with E-state index in [1.165, 1.54) is 19.6 Å². The van der Waals surface area contributed by atoms with Gasteiger partial charge < -0.3 is 15.1 Å². The van der Waals surface area contributed by atoms with Crippen molar-refractivity contribution < 1.29 is 18.0 Å². The Bertz CT molecular complexity index is 559. The van der Waals surface area contributed by atoms with Crippen molar-refractivity contribution in [3.63, 3.8) is 0 Å². The number of hydrogen-bond donors (Lipinski definition) is 2. The van der Waals surface area contributed by atoms with E-state index in [9.17, 15) is 13.6 Å². The minimum absolute atomic E-state index is 0.0718. The molecule has 6 heteroatoms. The second-order valence-corrected chi connectivity index (χ2v) is 3.88. The van der Waals surface area contributed by atoms with Crippen molar-refractivity contribution in [2.24, 2.45) is 0 Å². The molecule has 0 fully saturated rings. The molecule has 1 aromatic heterocycles. The van der Waals surface area contributed by atoms with Crippen LogP contribution in [0.2, 0.25) is 0 Å². The van der Waals surface area contributed by atoms with Crippen LogP contribution >= 0.6 is 0 Å². The van der Waals surface area contributed by atoms with Crippen LogP contribution in [0.1, 0.15) is 15.9 Å². The average molecular weight is 266 g/mol. The molecule has 100 valence electrons. The smallest absolute Gasteiger partial charge is 0.251 e. The molecule has 2 rings (SSSR count). The van der Waals surface area contributed by atoms with Gasteiger partial charge in [0.1, 0.15) is 17.3 Å². The number of anilines is 1. The van der Waals surface area contributed by atoms with E-state index in [1.807, 2.05) is 0 Å². The summed E-state index contributed by atoms with van der Waals surface area (Å²) in [5.74, 6) is -2.17. The lowest BCUT2D eigenvalue weighted by molar-refractivity contribution is 0.0950. The Labute approximate surface area is 108 Å². The second kappa shape index (κ2) is 5.51. The van der Waals surface area contributed by atoms with Gasteiger partial charge in [-0.3, -0.25) is 4.79 Å². The van der Waals surface area contributed by atoms with Gasteiger partial charge in [-0.1, -0.05) is 0 Å². The molecule has 0 saturated heterocycles. The van der Waals surface area contributed by atoms with Crippen molar-refractivity contribution in [2.75, 3.05) is 12.4 Å². The summed E-state index contributed by atoms with van der Waals surface area (Å²) in [6.45, 7) is 0.229. The molecule has 1 amide bonds. The Hall–Kier alpha value is -2.37. The first-order chi connectivity index (χ1) is 9.11. The highest BCUT2D eigenvalue weighted by Gasteiger charge is 2.14. The Balaban J connectivity index is 2.11. The summed E-state index contributed by atoms with van der Waals surface area (Å²) < 4.78 is 31.8. The van der Waals surface area contributed by atoms with Crippen molar-refractivity contribution in [3.8, 4) is 0 Å². The van der Waals surface area contributed by atoms with Crippen molar-refractivity contribution >= 4 is 11.6 Å². The molecule has 0 aliphatic rings. The zero-order valence-corrected chi connectivity index (χ0v) is 10.2. The van der Waals surface area contributed by atoms with Gasteiger partial charge in [0.25, 0.3) is 5.91 Å². The number of carbonyl (C=O) groups excluding carboxylic acids is 1. The normalized spacial score (nSPS) is 10.3. The second-order valence-electron chi connectivity index (χ2n) is 3.88. The van der Waals surface area contributed by atoms with Crippen LogP contribution in [0.5, 0.6) is 0 Å². The third-order valence-corrected chi connectivity index (χ3v) is 2.59. The van der Waals surface area contributed by atoms with Gasteiger partial charge in [0.15, 0.2) is 0 Å². The zero-order chi connectivity index (χ0) is 13.8. The number of nitrogens with one attached hydrogen (secondary N) is 2. The lowest BCUT2D eigenvalue weighted by atomic mass is 10.1. The largest absolute Gasteiger partial charge is 0.472 e. The van der Waals surface area contributed by atoms with Crippen LogP contribution in [0.4, 0.5) is 14.5 Å². The molecular formula is C13H12F2N2O2. The molecule has 0 radical (unpaired) electrons. The number of furan rings is 1. The lowest BCUT2D eigenvalue weighted by Crippen LogP contribution is -2.23. The van der Waals surface area contributed by atoms with Gasteiger partial charge >= 0.3 is 0 Å². The molecule has 0 saturated carbocycles.